The molecule has 1 N–H and O–H groups in total. The van der Waals surface area contributed by atoms with Crippen LogP contribution in [0.1, 0.15) is 22.5 Å². The largest absolute Gasteiger partial charge is 0.485 e. The quantitative estimate of drug-likeness (QED) is 0.407. The summed E-state index contributed by atoms with van der Waals surface area (Å²) in [5.74, 6) is 1.23. The number of aromatic amines is 1. The molecule has 0 fully saturated rings. The van der Waals surface area contributed by atoms with E-state index in [0.717, 1.165) is 33.3 Å². The van der Waals surface area contributed by atoms with Crippen LogP contribution in [0.3, 0.4) is 0 Å². The molecular formula is C26H22N4O2. The van der Waals surface area contributed by atoms with Gasteiger partial charge in [0.1, 0.15) is 12.4 Å². The van der Waals surface area contributed by atoms with Crippen LogP contribution in [0.5, 0.6) is 5.75 Å². The van der Waals surface area contributed by atoms with Crippen LogP contribution in [0.4, 0.5) is 0 Å². The first kappa shape index (κ1) is 19.8. The summed E-state index contributed by atoms with van der Waals surface area (Å²) in [6, 6.07) is 21.2. The Hall–Kier alpha value is -4.19. The number of ether oxygens (including phenoxy) is 1. The molecule has 0 aliphatic carbocycles. The average molecular weight is 422 g/mol. The van der Waals surface area contributed by atoms with E-state index in [4.69, 9.17) is 4.74 Å². The second kappa shape index (κ2) is 8.15. The van der Waals surface area contributed by atoms with Crippen LogP contribution in [-0.4, -0.2) is 20.9 Å². The lowest BCUT2D eigenvalue weighted by Gasteiger charge is -2.13. The Morgan fingerprint density at radius 2 is 1.69 bits per heavy atom. The van der Waals surface area contributed by atoms with Gasteiger partial charge >= 0.3 is 0 Å². The Morgan fingerprint density at radius 1 is 0.969 bits per heavy atom. The molecule has 3 aromatic carbocycles. The molecule has 0 bridgehead atoms. The van der Waals surface area contributed by atoms with E-state index < -0.39 is 0 Å². The fourth-order valence-corrected chi connectivity index (χ4v) is 3.87. The molecule has 0 spiro atoms. The molecule has 0 aliphatic heterocycles. The molecule has 0 atom stereocenters. The van der Waals surface area contributed by atoms with Gasteiger partial charge in [0, 0.05) is 22.7 Å². The SMILES string of the molecule is Cc1cccc(C)c1OCc1nc2ccccc2c(=O)n1/N=C/c1c[nH]c2ccccc12. The van der Waals surface area contributed by atoms with Crippen LogP contribution in [-0.2, 0) is 6.61 Å². The van der Waals surface area contributed by atoms with Crippen molar-refractivity contribution in [2.24, 2.45) is 5.10 Å². The monoisotopic (exact) mass is 422 g/mol. The van der Waals surface area contributed by atoms with Crippen molar-refractivity contribution in [1.82, 2.24) is 14.6 Å². The number of nitrogens with one attached hydrogen (secondary N) is 1. The number of rotatable bonds is 5. The summed E-state index contributed by atoms with van der Waals surface area (Å²) in [7, 11) is 0. The minimum Gasteiger partial charge on any atom is -0.485 e. The summed E-state index contributed by atoms with van der Waals surface area (Å²) >= 11 is 0. The topological polar surface area (TPSA) is 72.3 Å². The number of hydrogen-bond acceptors (Lipinski definition) is 4. The maximum absolute atomic E-state index is 13.3. The summed E-state index contributed by atoms with van der Waals surface area (Å²) in [5, 5.41) is 6.07. The van der Waals surface area contributed by atoms with Crippen molar-refractivity contribution in [2.45, 2.75) is 20.5 Å². The lowest BCUT2D eigenvalue weighted by atomic mass is 10.1. The van der Waals surface area contributed by atoms with E-state index in [1.54, 1.807) is 12.3 Å². The zero-order chi connectivity index (χ0) is 22.1. The third-order valence-corrected chi connectivity index (χ3v) is 5.51. The van der Waals surface area contributed by atoms with Crippen molar-refractivity contribution in [2.75, 3.05) is 0 Å². The van der Waals surface area contributed by atoms with Crippen molar-refractivity contribution >= 4 is 28.0 Å². The second-order valence-electron chi connectivity index (χ2n) is 7.71. The van der Waals surface area contributed by atoms with Gasteiger partial charge in [0.05, 0.1) is 17.1 Å². The van der Waals surface area contributed by atoms with Crippen molar-refractivity contribution in [1.29, 1.82) is 0 Å². The lowest BCUT2D eigenvalue weighted by Crippen LogP contribution is -2.23. The Bertz CT molecular complexity index is 1510. The number of H-pyrrole nitrogens is 1. The minimum atomic E-state index is -0.230. The molecule has 2 aromatic heterocycles. The maximum atomic E-state index is 13.3. The molecule has 32 heavy (non-hydrogen) atoms. The molecule has 0 amide bonds. The zero-order valence-electron chi connectivity index (χ0n) is 17.9. The molecular weight excluding hydrogens is 400 g/mol. The van der Waals surface area contributed by atoms with Crippen molar-refractivity contribution in [3.8, 4) is 5.75 Å². The fourth-order valence-electron chi connectivity index (χ4n) is 3.87. The van der Waals surface area contributed by atoms with Gasteiger partial charge in [-0.25, -0.2) is 4.98 Å². The number of para-hydroxylation sites is 3. The highest BCUT2D eigenvalue weighted by atomic mass is 16.5. The first-order chi connectivity index (χ1) is 15.6. The molecule has 158 valence electrons. The van der Waals surface area contributed by atoms with Crippen LogP contribution in [0, 0.1) is 13.8 Å². The van der Waals surface area contributed by atoms with Gasteiger partial charge in [0.25, 0.3) is 5.56 Å². The predicted molar refractivity (Wildman–Crippen MR) is 128 cm³/mol. The minimum absolute atomic E-state index is 0.122. The van der Waals surface area contributed by atoms with Gasteiger partial charge < -0.3 is 9.72 Å². The van der Waals surface area contributed by atoms with Gasteiger partial charge in [0.2, 0.25) is 0 Å². The number of aromatic nitrogens is 3. The fraction of sp³-hybridized carbons (Fsp3) is 0.115. The molecule has 5 aromatic rings. The van der Waals surface area contributed by atoms with Gasteiger partial charge in [-0.1, -0.05) is 48.5 Å². The van der Waals surface area contributed by atoms with Crippen LogP contribution in [0.2, 0.25) is 0 Å². The van der Waals surface area contributed by atoms with Gasteiger partial charge in [0.15, 0.2) is 5.82 Å². The van der Waals surface area contributed by atoms with E-state index in [-0.39, 0.29) is 12.2 Å². The molecule has 2 heterocycles. The van der Waals surface area contributed by atoms with Gasteiger partial charge in [-0.15, -0.1) is 0 Å². The van der Waals surface area contributed by atoms with Crippen LogP contribution >= 0.6 is 0 Å². The number of fused-ring (bicyclic) bond motifs is 2. The lowest BCUT2D eigenvalue weighted by molar-refractivity contribution is 0.285. The van der Waals surface area contributed by atoms with E-state index in [2.05, 4.69) is 15.1 Å². The average Bonchev–Trinajstić information content (AvgIpc) is 3.21. The number of benzene rings is 3. The third kappa shape index (κ3) is 3.56. The third-order valence-electron chi connectivity index (χ3n) is 5.51. The molecule has 0 aliphatic rings. The summed E-state index contributed by atoms with van der Waals surface area (Å²) in [4.78, 5) is 21.2. The van der Waals surface area contributed by atoms with Crippen LogP contribution in [0.25, 0.3) is 21.8 Å². The number of aryl methyl sites for hydroxylation is 2. The summed E-state index contributed by atoms with van der Waals surface area (Å²) in [6.07, 6.45) is 3.56. The second-order valence-corrected chi connectivity index (χ2v) is 7.71. The van der Waals surface area contributed by atoms with Gasteiger partial charge in [-0.05, 0) is 43.2 Å². The molecule has 0 radical (unpaired) electrons. The molecule has 0 unspecified atom stereocenters. The van der Waals surface area contributed by atoms with E-state index in [9.17, 15) is 4.79 Å². The van der Waals surface area contributed by atoms with E-state index in [1.807, 2.05) is 80.7 Å². The highest BCUT2D eigenvalue weighted by Crippen LogP contribution is 2.23. The van der Waals surface area contributed by atoms with Crippen molar-refractivity contribution in [3.05, 3.63) is 106 Å². The van der Waals surface area contributed by atoms with Gasteiger partial charge in [-0.3, -0.25) is 4.79 Å². The van der Waals surface area contributed by atoms with Crippen molar-refractivity contribution in [3.63, 3.8) is 0 Å². The van der Waals surface area contributed by atoms with Crippen LogP contribution in [0.15, 0.2) is 82.8 Å². The first-order valence-electron chi connectivity index (χ1n) is 10.4. The summed E-state index contributed by atoms with van der Waals surface area (Å²) in [6.45, 7) is 4.12. The Labute approximate surface area is 184 Å². The summed E-state index contributed by atoms with van der Waals surface area (Å²) in [5.41, 5.74) is 4.35. The number of nitrogens with zero attached hydrogens (tertiary/aromatic N) is 3. The highest BCUT2D eigenvalue weighted by molar-refractivity contribution is 5.98. The zero-order valence-corrected chi connectivity index (χ0v) is 17.9. The summed E-state index contributed by atoms with van der Waals surface area (Å²) < 4.78 is 7.43. The Morgan fingerprint density at radius 3 is 2.50 bits per heavy atom. The first-order valence-corrected chi connectivity index (χ1v) is 10.4. The Kier molecular flexibility index (Phi) is 5.03. The standard InChI is InChI=1S/C26H22N4O2/c1-17-8-7-9-18(2)25(17)32-16-24-29-23-13-6-4-11-21(23)26(31)30(24)28-15-19-14-27-22-12-5-3-10-20(19)22/h3-15,27H,16H2,1-2H3/b28-15+. The van der Waals surface area contributed by atoms with Gasteiger partial charge in [-0.2, -0.15) is 9.78 Å². The molecule has 6 nitrogen and oxygen atoms in total. The number of hydrogen-bond donors (Lipinski definition) is 1. The highest BCUT2D eigenvalue weighted by Gasteiger charge is 2.13. The maximum Gasteiger partial charge on any atom is 0.282 e. The predicted octanol–water partition coefficient (Wildman–Crippen LogP) is 4.96. The molecule has 0 saturated heterocycles. The molecule has 0 saturated carbocycles. The Balaban J connectivity index is 1.58. The van der Waals surface area contributed by atoms with E-state index in [0.29, 0.717) is 16.7 Å². The normalized spacial score (nSPS) is 11.6. The van der Waals surface area contributed by atoms with Crippen LogP contribution < -0.4 is 10.3 Å². The molecule has 6 heteroatoms. The van der Waals surface area contributed by atoms with E-state index >= 15 is 0 Å². The smallest absolute Gasteiger partial charge is 0.282 e. The van der Waals surface area contributed by atoms with Crippen molar-refractivity contribution < 1.29 is 4.74 Å². The van der Waals surface area contributed by atoms with E-state index in [1.165, 1.54) is 4.68 Å². The molecule has 5 rings (SSSR count).